The highest BCUT2D eigenvalue weighted by atomic mass is 16.6. The molecule has 0 aromatic heterocycles. The maximum absolute atomic E-state index is 10.3. The van der Waals surface area contributed by atoms with Gasteiger partial charge in [0.15, 0.2) is 0 Å². The molecule has 1 rings (SSSR count). The van der Waals surface area contributed by atoms with Crippen LogP contribution in [0.15, 0.2) is 24.3 Å². The smallest absolute Gasteiger partial charge is 0.269 e. The molecule has 13 heavy (non-hydrogen) atoms. The number of nitro benzene ring substituents is 1. The number of hydrogen-bond donors (Lipinski definition) is 3. The molecule has 3 N–H and O–H groups in total. The number of non-ortho nitro benzene ring substituents is 1. The fourth-order valence-electron chi connectivity index (χ4n) is 0.843. The molecule has 1 aromatic carbocycles. The average molecular weight is 183 g/mol. The minimum Gasteiger partial charge on any atom is -0.371 e. The van der Waals surface area contributed by atoms with Crippen molar-refractivity contribution in [1.82, 2.24) is 5.48 Å². The van der Waals surface area contributed by atoms with Gasteiger partial charge in [-0.3, -0.25) is 10.1 Å². The molecule has 0 heterocycles. The molecule has 0 aliphatic carbocycles. The van der Waals surface area contributed by atoms with Crippen molar-refractivity contribution >= 4 is 11.4 Å². The second-order valence-electron chi connectivity index (χ2n) is 2.32. The number of hydrogen-bond acceptors (Lipinski definition) is 5. The highest BCUT2D eigenvalue weighted by molar-refractivity contribution is 5.48. The Morgan fingerprint density at radius 3 is 2.46 bits per heavy atom. The van der Waals surface area contributed by atoms with Crippen molar-refractivity contribution in [3.63, 3.8) is 0 Å². The number of hydroxylamine groups is 1. The minimum atomic E-state index is -0.464. The van der Waals surface area contributed by atoms with Gasteiger partial charge in [0, 0.05) is 17.8 Å². The van der Waals surface area contributed by atoms with Crippen LogP contribution in [0.4, 0.5) is 11.4 Å². The van der Waals surface area contributed by atoms with Gasteiger partial charge in [0.1, 0.15) is 0 Å². The number of nitrogens with zero attached hydrogens (tertiary/aromatic N) is 1. The standard InChI is InChI=1S/C7H9N3O3/c11-9-5-8-6-1-3-7(4-2-6)10(12)13/h1-4,8-9,11H,5H2. The molecule has 70 valence electrons. The van der Waals surface area contributed by atoms with Crippen LogP contribution in [-0.2, 0) is 0 Å². The van der Waals surface area contributed by atoms with E-state index in [1.54, 1.807) is 12.1 Å². The molecule has 0 unspecified atom stereocenters. The van der Waals surface area contributed by atoms with Crippen LogP contribution in [0, 0.1) is 10.1 Å². The fourth-order valence-corrected chi connectivity index (χ4v) is 0.843. The van der Waals surface area contributed by atoms with Crippen LogP contribution >= 0.6 is 0 Å². The van der Waals surface area contributed by atoms with Crippen molar-refractivity contribution in [1.29, 1.82) is 0 Å². The summed E-state index contributed by atoms with van der Waals surface area (Å²) in [7, 11) is 0. The van der Waals surface area contributed by atoms with Crippen molar-refractivity contribution in [3.05, 3.63) is 34.4 Å². The van der Waals surface area contributed by atoms with E-state index in [-0.39, 0.29) is 12.4 Å². The molecule has 1 aromatic rings. The third-order valence-electron chi connectivity index (χ3n) is 1.45. The van der Waals surface area contributed by atoms with Crippen LogP contribution in [0.3, 0.4) is 0 Å². The lowest BCUT2D eigenvalue weighted by atomic mass is 10.3. The largest absolute Gasteiger partial charge is 0.371 e. The molecule has 0 radical (unpaired) electrons. The Kier molecular flexibility index (Phi) is 3.18. The molecule has 6 nitrogen and oxygen atoms in total. The van der Waals surface area contributed by atoms with Crippen molar-refractivity contribution in [3.8, 4) is 0 Å². The Morgan fingerprint density at radius 1 is 1.38 bits per heavy atom. The van der Waals surface area contributed by atoms with Crippen LogP contribution in [0.5, 0.6) is 0 Å². The SMILES string of the molecule is O=[N+]([O-])c1ccc(NCNO)cc1. The first-order valence-electron chi connectivity index (χ1n) is 3.59. The predicted molar refractivity (Wildman–Crippen MR) is 46.5 cm³/mol. The topological polar surface area (TPSA) is 87.4 Å². The van der Waals surface area contributed by atoms with Gasteiger partial charge < -0.3 is 10.5 Å². The summed E-state index contributed by atoms with van der Waals surface area (Å²) in [4.78, 5) is 9.79. The third-order valence-corrected chi connectivity index (χ3v) is 1.45. The molecule has 0 bridgehead atoms. The minimum absolute atomic E-state index is 0.0440. The van der Waals surface area contributed by atoms with Crippen LogP contribution in [-0.4, -0.2) is 16.8 Å². The quantitative estimate of drug-likeness (QED) is 0.367. The van der Waals surface area contributed by atoms with E-state index in [1.807, 2.05) is 5.48 Å². The number of anilines is 1. The summed E-state index contributed by atoms with van der Waals surface area (Å²) in [5.74, 6) is 0. The molecular weight excluding hydrogens is 174 g/mol. The summed E-state index contributed by atoms with van der Waals surface area (Å²) in [5, 5.41) is 21.3. The zero-order chi connectivity index (χ0) is 9.68. The second kappa shape index (κ2) is 4.39. The van der Waals surface area contributed by atoms with E-state index in [2.05, 4.69) is 5.32 Å². The van der Waals surface area contributed by atoms with E-state index in [0.29, 0.717) is 5.69 Å². The van der Waals surface area contributed by atoms with Gasteiger partial charge in [0.2, 0.25) is 0 Å². The Hall–Kier alpha value is -1.66. The Bertz CT molecular complexity index is 286. The summed E-state index contributed by atoms with van der Waals surface area (Å²) in [6.45, 7) is 0.192. The number of rotatable bonds is 4. The average Bonchev–Trinajstić information content (AvgIpc) is 2.15. The fraction of sp³-hybridized carbons (Fsp3) is 0.143. The van der Waals surface area contributed by atoms with Crippen LogP contribution < -0.4 is 10.8 Å². The Balaban J connectivity index is 2.64. The first-order chi connectivity index (χ1) is 6.24. The summed E-state index contributed by atoms with van der Waals surface area (Å²) in [5.41, 5.74) is 2.65. The van der Waals surface area contributed by atoms with Gasteiger partial charge in [-0.1, -0.05) is 0 Å². The highest BCUT2D eigenvalue weighted by Crippen LogP contribution is 2.14. The lowest BCUT2D eigenvalue weighted by Crippen LogP contribution is -2.17. The van der Waals surface area contributed by atoms with Crippen LogP contribution in [0.25, 0.3) is 0 Å². The molecule has 6 heteroatoms. The summed E-state index contributed by atoms with van der Waals surface area (Å²) >= 11 is 0. The van der Waals surface area contributed by atoms with Gasteiger partial charge in [-0.05, 0) is 12.1 Å². The highest BCUT2D eigenvalue weighted by Gasteiger charge is 2.02. The predicted octanol–water partition coefficient (Wildman–Crippen LogP) is 0.943. The van der Waals surface area contributed by atoms with Gasteiger partial charge in [0.05, 0.1) is 11.6 Å². The molecule has 0 saturated heterocycles. The molecule has 0 fully saturated rings. The lowest BCUT2D eigenvalue weighted by molar-refractivity contribution is -0.384. The molecule has 0 saturated carbocycles. The maximum atomic E-state index is 10.3. The summed E-state index contributed by atoms with van der Waals surface area (Å²) in [6, 6.07) is 5.91. The zero-order valence-corrected chi connectivity index (χ0v) is 6.73. The van der Waals surface area contributed by atoms with Gasteiger partial charge in [-0.2, -0.15) is 5.48 Å². The Morgan fingerprint density at radius 2 is 2.00 bits per heavy atom. The Labute approximate surface area is 74.3 Å². The van der Waals surface area contributed by atoms with Crippen molar-refractivity contribution in [2.75, 3.05) is 12.0 Å². The normalized spacial score (nSPS) is 9.62. The molecule has 0 aliphatic rings. The van der Waals surface area contributed by atoms with E-state index >= 15 is 0 Å². The van der Waals surface area contributed by atoms with Crippen LogP contribution in [0.1, 0.15) is 0 Å². The van der Waals surface area contributed by atoms with Crippen molar-refractivity contribution < 1.29 is 10.1 Å². The second-order valence-corrected chi connectivity index (χ2v) is 2.32. The lowest BCUT2D eigenvalue weighted by Gasteiger charge is -2.02. The molecule has 0 spiro atoms. The zero-order valence-electron chi connectivity index (χ0n) is 6.73. The number of nitrogens with one attached hydrogen (secondary N) is 2. The number of benzene rings is 1. The summed E-state index contributed by atoms with van der Waals surface area (Å²) in [6.07, 6.45) is 0. The third kappa shape index (κ3) is 2.69. The van der Waals surface area contributed by atoms with E-state index in [1.165, 1.54) is 12.1 Å². The molecular formula is C7H9N3O3. The van der Waals surface area contributed by atoms with Crippen molar-refractivity contribution in [2.24, 2.45) is 0 Å². The van der Waals surface area contributed by atoms with E-state index in [9.17, 15) is 10.1 Å². The van der Waals surface area contributed by atoms with E-state index < -0.39 is 4.92 Å². The molecule has 0 atom stereocenters. The van der Waals surface area contributed by atoms with Gasteiger partial charge in [0.25, 0.3) is 5.69 Å². The van der Waals surface area contributed by atoms with E-state index in [0.717, 1.165) is 0 Å². The molecule has 0 aliphatic heterocycles. The monoisotopic (exact) mass is 183 g/mol. The van der Waals surface area contributed by atoms with Gasteiger partial charge >= 0.3 is 0 Å². The van der Waals surface area contributed by atoms with Gasteiger partial charge in [-0.25, -0.2) is 0 Å². The van der Waals surface area contributed by atoms with Crippen molar-refractivity contribution in [2.45, 2.75) is 0 Å². The van der Waals surface area contributed by atoms with E-state index in [4.69, 9.17) is 5.21 Å². The summed E-state index contributed by atoms with van der Waals surface area (Å²) < 4.78 is 0. The van der Waals surface area contributed by atoms with Gasteiger partial charge in [-0.15, -0.1) is 0 Å². The first-order valence-corrected chi connectivity index (χ1v) is 3.59. The maximum Gasteiger partial charge on any atom is 0.269 e. The molecule has 0 amide bonds. The van der Waals surface area contributed by atoms with Crippen LogP contribution in [0.2, 0.25) is 0 Å². The first kappa shape index (κ1) is 9.43. The number of nitro groups is 1.